The average Bonchev–Trinajstić information content (AvgIpc) is 3.58. The Morgan fingerprint density at radius 1 is 0.580 bits per heavy atom. The number of para-hydroxylation sites is 1. The van der Waals surface area contributed by atoms with Crippen molar-refractivity contribution in [1.29, 1.82) is 0 Å². The van der Waals surface area contributed by atoms with Crippen molar-refractivity contribution >= 4 is 65.5 Å². The summed E-state index contributed by atoms with van der Waals surface area (Å²) in [5, 5.41) is 9.97. The summed E-state index contributed by atoms with van der Waals surface area (Å²) in [5.41, 5.74) is 8.35. The molecule has 0 bridgehead atoms. The number of nitrogens with zero attached hydrogens (tertiary/aromatic N) is 1. The second kappa shape index (κ2) is 11.8. The highest BCUT2D eigenvalue weighted by molar-refractivity contribution is 6.19. The van der Waals surface area contributed by atoms with Crippen LogP contribution in [0.15, 0.2) is 186 Å². The topological polar surface area (TPSA) is 16.4 Å². The fraction of sp³-hybridized carbons (Fsp3) is 0.0833. The molecule has 1 heterocycles. The van der Waals surface area contributed by atoms with Crippen LogP contribution in [-0.2, 0) is 0 Å². The van der Waals surface area contributed by atoms with Crippen LogP contribution in [0, 0.1) is 0 Å². The van der Waals surface area contributed by atoms with Crippen LogP contribution in [0.25, 0.3) is 59.8 Å². The Labute approximate surface area is 291 Å². The smallest absolute Gasteiger partial charge is 0.136 e. The molecule has 238 valence electrons. The summed E-state index contributed by atoms with van der Waals surface area (Å²) in [7, 11) is 0. The van der Waals surface area contributed by atoms with Gasteiger partial charge in [0.1, 0.15) is 11.2 Å². The number of furan rings is 1. The maximum absolute atomic E-state index is 6.17. The van der Waals surface area contributed by atoms with Crippen molar-refractivity contribution in [2.75, 3.05) is 4.90 Å². The highest BCUT2D eigenvalue weighted by Gasteiger charge is 2.27. The second-order valence-electron chi connectivity index (χ2n) is 13.6. The summed E-state index contributed by atoms with van der Waals surface area (Å²) in [6, 6.07) is 50.7. The van der Waals surface area contributed by atoms with Gasteiger partial charge in [0.2, 0.25) is 0 Å². The number of hydrogen-bond acceptors (Lipinski definition) is 2. The predicted molar refractivity (Wildman–Crippen MR) is 212 cm³/mol. The van der Waals surface area contributed by atoms with E-state index in [1.165, 1.54) is 71.2 Å². The van der Waals surface area contributed by atoms with Gasteiger partial charge in [-0.05, 0) is 86.8 Å². The fourth-order valence-electron chi connectivity index (χ4n) is 8.30. The third-order valence-corrected chi connectivity index (χ3v) is 10.7. The van der Waals surface area contributed by atoms with Gasteiger partial charge in [-0.25, -0.2) is 0 Å². The lowest BCUT2D eigenvalue weighted by Gasteiger charge is -2.38. The van der Waals surface area contributed by atoms with Gasteiger partial charge in [0.05, 0.1) is 6.04 Å². The van der Waals surface area contributed by atoms with E-state index in [0.717, 1.165) is 24.0 Å². The summed E-state index contributed by atoms with van der Waals surface area (Å²) in [6.07, 6.45) is 16.0. The molecular weight excluding hydrogens is 607 g/mol. The van der Waals surface area contributed by atoms with Crippen molar-refractivity contribution in [3.05, 3.63) is 193 Å². The molecule has 10 rings (SSSR count). The molecule has 0 amide bonds. The lowest BCUT2D eigenvalue weighted by Crippen LogP contribution is -2.35. The average molecular weight is 642 g/mol. The van der Waals surface area contributed by atoms with E-state index in [1.54, 1.807) is 0 Å². The molecule has 0 N–H and O–H groups in total. The van der Waals surface area contributed by atoms with Crippen LogP contribution >= 0.6 is 0 Å². The van der Waals surface area contributed by atoms with Crippen LogP contribution in [0.3, 0.4) is 0 Å². The van der Waals surface area contributed by atoms with Crippen molar-refractivity contribution in [3.8, 4) is 0 Å². The molecule has 0 radical (unpaired) electrons. The second-order valence-corrected chi connectivity index (χ2v) is 13.6. The third kappa shape index (κ3) is 4.79. The maximum atomic E-state index is 6.17. The first-order chi connectivity index (χ1) is 24.8. The molecular formula is C48H35NO. The van der Waals surface area contributed by atoms with Crippen LogP contribution in [0.2, 0.25) is 0 Å². The van der Waals surface area contributed by atoms with Crippen LogP contribution < -0.4 is 4.90 Å². The molecule has 0 fully saturated rings. The molecule has 2 aliphatic rings. The van der Waals surface area contributed by atoms with Crippen molar-refractivity contribution in [2.45, 2.75) is 24.8 Å². The molecule has 0 aliphatic heterocycles. The van der Waals surface area contributed by atoms with Crippen molar-refractivity contribution in [3.63, 3.8) is 0 Å². The summed E-state index contributed by atoms with van der Waals surface area (Å²) < 4.78 is 6.17. The summed E-state index contributed by atoms with van der Waals surface area (Å²) in [4.78, 5) is 2.62. The zero-order valence-electron chi connectivity index (χ0n) is 27.7. The van der Waals surface area contributed by atoms with Crippen molar-refractivity contribution in [1.82, 2.24) is 0 Å². The van der Waals surface area contributed by atoms with Crippen LogP contribution in [0.5, 0.6) is 0 Å². The lowest BCUT2D eigenvalue weighted by atomic mass is 9.88. The molecule has 2 atom stereocenters. The molecule has 2 nitrogen and oxygen atoms in total. The Kier molecular flexibility index (Phi) is 6.80. The van der Waals surface area contributed by atoms with Gasteiger partial charge in [-0.15, -0.1) is 0 Å². The Morgan fingerprint density at radius 3 is 2.20 bits per heavy atom. The fourth-order valence-corrected chi connectivity index (χ4v) is 8.30. The summed E-state index contributed by atoms with van der Waals surface area (Å²) in [6.45, 7) is 0. The Hall–Kier alpha value is -6.12. The molecule has 7 aromatic carbocycles. The van der Waals surface area contributed by atoms with Crippen LogP contribution in [-0.4, -0.2) is 6.04 Å². The first-order valence-corrected chi connectivity index (χ1v) is 17.6. The van der Waals surface area contributed by atoms with E-state index in [2.05, 4.69) is 175 Å². The summed E-state index contributed by atoms with van der Waals surface area (Å²) >= 11 is 0. The Balaban J connectivity index is 1.05. The number of benzene rings is 7. The van der Waals surface area contributed by atoms with Gasteiger partial charge >= 0.3 is 0 Å². The monoisotopic (exact) mass is 641 g/mol. The molecule has 0 spiro atoms. The lowest BCUT2D eigenvalue weighted by molar-refractivity contribution is 0.669. The van der Waals surface area contributed by atoms with E-state index in [4.69, 9.17) is 4.42 Å². The van der Waals surface area contributed by atoms with Crippen molar-refractivity contribution < 1.29 is 4.42 Å². The van der Waals surface area contributed by atoms with E-state index in [0.29, 0.717) is 5.92 Å². The molecule has 1 aromatic heterocycles. The van der Waals surface area contributed by atoms with Gasteiger partial charge in [0, 0.05) is 33.5 Å². The molecule has 50 heavy (non-hydrogen) atoms. The van der Waals surface area contributed by atoms with Gasteiger partial charge in [-0.2, -0.15) is 0 Å². The predicted octanol–water partition coefficient (Wildman–Crippen LogP) is 12.9. The standard InChI is InChI=1S/C48H35NO/c1-2-11-32(12-3-1)34-14-10-15-39(30-34)49(45-31-36-13-4-5-16-40(36)42-17-6-7-18-43(42)45)38-25-21-33(22-26-38)35-23-27-41-37(29-35)24-28-47-48(41)44-19-8-9-20-46(44)50-47/h1-25,27-29,31,34,38H,26,30H2. The van der Waals surface area contributed by atoms with E-state index in [9.17, 15) is 0 Å². The Morgan fingerprint density at radius 2 is 1.34 bits per heavy atom. The molecule has 0 saturated carbocycles. The summed E-state index contributed by atoms with van der Waals surface area (Å²) in [5.74, 6) is 0.334. The minimum Gasteiger partial charge on any atom is -0.456 e. The van der Waals surface area contributed by atoms with E-state index < -0.39 is 0 Å². The highest BCUT2D eigenvalue weighted by atomic mass is 16.3. The van der Waals surface area contributed by atoms with Crippen LogP contribution in [0.4, 0.5) is 5.69 Å². The largest absolute Gasteiger partial charge is 0.456 e. The van der Waals surface area contributed by atoms with E-state index in [-0.39, 0.29) is 6.04 Å². The first kappa shape index (κ1) is 28.9. The zero-order valence-corrected chi connectivity index (χ0v) is 27.7. The molecule has 0 saturated heterocycles. The minimum absolute atomic E-state index is 0.176. The first-order valence-electron chi connectivity index (χ1n) is 17.6. The number of rotatable bonds is 5. The molecule has 2 unspecified atom stereocenters. The van der Waals surface area contributed by atoms with Gasteiger partial charge in [0.15, 0.2) is 0 Å². The van der Waals surface area contributed by atoms with E-state index >= 15 is 0 Å². The zero-order chi connectivity index (χ0) is 33.0. The quantitative estimate of drug-likeness (QED) is 0.174. The van der Waals surface area contributed by atoms with Crippen molar-refractivity contribution in [2.24, 2.45) is 0 Å². The van der Waals surface area contributed by atoms with Gasteiger partial charge < -0.3 is 9.32 Å². The minimum atomic E-state index is 0.176. The number of fused-ring (bicyclic) bond motifs is 8. The van der Waals surface area contributed by atoms with Gasteiger partial charge in [-0.1, -0.05) is 146 Å². The SMILES string of the molecule is C1=CC(c2ccccc2)CC(N(c2cc3ccccc3c3ccccc23)C2C=CC(c3ccc4c(ccc5oc6ccccc6c54)c3)=CC2)=C1. The van der Waals surface area contributed by atoms with Gasteiger partial charge in [0.25, 0.3) is 0 Å². The maximum Gasteiger partial charge on any atom is 0.136 e. The molecule has 8 aromatic rings. The highest BCUT2D eigenvalue weighted by Crippen LogP contribution is 2.42. The normalized spacial score (nSPS) is 17.5. The van der Waals surface area contributed by atoms with Gasteiger partial charge in [-0.3, -0.25) is 0 Å². The Bertz CT molecular complexity index is 2720. The molecule has 2 heteroatoms. The number of anilines is 1. The van der Waals surface area contributed by atoms with Crippen LogP contribution in [0.1, 0.15) is 29.9 Å². The number of hydrogen-bond donors (Lipinski definition) is 0. The third-order valence-electron chi connectivity index (χ3n) is 10.7. The number of allylic oxidation sites excluding steroid dienone is 6. The molecule has 2 aliphatic carbocycles. The van der Waals surface area contributed by atoms with E-state index in [1.807, 2.05) is 6.07 Å².